The Hall–Kier alpha value is -3.26. The maximum Gasteiger partial charge on any atom is 0.272 e. The van der Waals surface area contributed by atoms with E-state index in [1.54, 1.807) is 32.3 Å². The van der Waals surface area contributed by atoms with Gasteiger partial charge in [-0.05, 0) is 30.2 Å². The van der Waals surface area contributed by atoms with Gasteiger partial charge < -0.3 is 19.1 Å². The van der Waals surface area contributed by atoms with Gasteiger partial charge in [0.15, 0.2) is 0 Å². The van der Waals surface area contributed by atoms with Gasteiger partial charge in [0.25, 0.3) is 5.91 Å². The van der Waals surface area contributed by atoms with Crippen LogP contribution in [0.3, 0.4) is 0 Å². The topological polar surface area (TPSA) is 76.7 Å². The molecule has 2 heterocycles. The first-order valence-electron chi connectivity index (χ1n) is 10.1. The van der Waals surface area contributed by atoms with Crippen molar-refractivity contribution in [2.24, 2.45) is 0 Å². The number of methoxy groups -OCH3 is 3. The number of hydrogen-bond acceptors (Lipinski definition) is 5. The molecule has 0 fully saturated rings. The zero-order valence-corrected chi connectivity index (χ0v) is 19.7. The molecule has 4 rings (SSSR count). The van der Waals surface area contributed by atoms with E-state index in [-0.39, 0.29) is 5.91 Å². The SMILES string of the molecule is COc1cc(OC)c(C2=CCN(C(=O)c3cc(-c4ccc(Br)cc4)n[nH]3)CC2)c(OC)c1. The molecule has 0 bridgehead atoms. The van der Waals surface area contributed by atoms with Crippen LogP contribution in [0.1, 0.15) is 22.5 Å². The van der Waals surface area contributed by atoms with Crippen LogP contribution in [-0.4, -0.2) is 55.4 Å². The van der Waals surface area contributed by atoms with Gasteiger partial charge in [0, 0.05) is 35.3 Å². The summed E-state index contributed by atoms with van der Waals surface area (Å²) in [6, 6.07) is 13.3. The Morgan fingerprint density at radius 2 is 1.72 bits per heavy atom. The third kappa shape index (κ3) is 4.36. The molecule has 1 aliphatic heterocycles. The molecule has 0 aliphatic carbocycles. The molecule has 3 aromatic rings. The molecular formula is C24H24BrN3O4. The lowest BCUT2D eigenvalue weighted by molar-refractivity contribution is 0.0767. The quantitative estimate of drug-likeness (QED) is 0.529. The van der Waals surface area contributed by atoms with Gasteiger partial charge in [-0.25, -0.2) is 0 Å². The first-order valence-corrected chi connectivity index (χ1v) is 10.9. The highest BCUT2D eigenvalue weighted by molar-refractivity contribution is 9.10. The van der Waals surface area contributed by atoms with E-state index in [2.05, 4.69) is 26.1 Å². The van der Waals surface area contributed by atoms with Gasteiger partial charge in [0.1, 0.15) is 22.9 Å². The fourth-order valence-electron chi connectivity index (χ4n) is 3.77. The number of H-pyrrole nitrogens is 1. The largest absolute Gasteiger partial charge is 0.496 e. The third-order valence-corrected chi connectivity index (χ3v) is 6.01. The molecule has 32 heavy (non-hydrogen) atoms. The van der Waals surface area contributed by atoms with E-state index in [1.807, 2.05) is 42.5 Å². The maximum atomic E-state index is 13.0. The van der Waals surface area contributed by atoms with Crippen LogP contribution < -0.4 is 14.2 Å². The minimum absolute atomic E-state index is 0.0789. The summed E-state index contributed by atoms with van der Waals surface area (Å²) in [6.07, 6.45) is 2.72. The highest BCUT2D eigenvalue weighted by Crippen LogP contribution is 2.41. The molecule has 1 N–H and O–H groups in total. The Morgan fingerprint density at radius 3 is 2.28 bits per heavy atom. The molecular weight excluding hydrogens is 474 g/mol. The second-order valence-corrected chi connectivity index (χ2v) is 8.23. The number of halogens is 1. The minimum Gasteiger partial charge on any atom is -0.496 e. The molecule has 0 saturated heterocycles. The smallest absolute Gasteiger partial charge is 0.272 e. The van der Waals surface area contributed by atoms with E-state index in [1.165, 1.54) is 0 Å². The van der Waals surface area contributed by atoms with Gasteiger partial charge in [-0.2, -0.15) is 5.10 Å². The highest BCUT2D eigenvalue weighted by atomic mass is 79.9. The fourth-order valence-corrected chi connectivity index (χ4v) is 4.04. The first-order chi connectivity index (χ1) is 15.5. The van der Waals surface area contributed by atoms with Gasteiger partial charge in [-0.15, -0.1) is 0 Å². The van der Waals surface area contributed by atoms with Crippen molar-refractivity contribution < 1.29 is 19.0 Å². The van der Waals surface area contributed by atoms with Crippen molar-refractivity contribution in [2.45, 2.75) is 6.42 Å². The average Bonchev–Trinajstić information content (AvgIpc) is 3.33. The number of carbonyl (C=O) groups excluding carboxylic acids is 1. The van der Waals surface area contributed by atoms with Crippen molar-refractivity contribution in [1.82, 2.24) is 15.1 Å². The lowest BCUT2D eigenvalue weighted by Crippen LogP contribution is -2.35. The van der Waals surface area contributed by atoms with Crippen molar-refractivity contribution in [3.05, 3.63) is 64.3 Å². The Kier molecular flexibility index (Phi) is 6.50. The number of benzene rings is 2. The predicted octanol–water partition coefficient (Wildman–Crippen LogP) is 4.79. The number of hydrogen-bond donors (Lipinski definition) is 1. The molecule has 0 unspecified atom stereocenters. The molecule has 8 heteroatoms. The number of nitrogens with one attached hydrogen (secondary N) is 1. The van der Waals surface area contributed by atoms with Gasteiger partial charge in [-0.1, -0.05) is 34.1 Å². The summed E-state index contributed by atoms with van der Waals surface area (Å²) in [6.45, 7) is 1.06. The number of aromatic amines is 1. The highest BCUT2D eigenvalue weighted by Gasteiger charge is 2.24. The number of nitrogens with zero attached hydrogens (tertiary/aromatic N) is 2. The van der Waals surface area contributed by atoms with E-state index in [9.17, 15) is 4.79 Å². The molecule has 1 aliphatic rings. The van der Waals surface area contributed by atoms with Crippen molar-refractivity contribution in [3.8, 4) is 28.5 Å². The monoisotopic (exact) mass is 497 g/mol. The molecule has 0 atom stereocenters. The summed E-state index contributed by atoms with van der Waals surface area (Å²) < 4.78 is 17.5. The van der Waals surface area contributed by atoms with Crippen molar-refractivity contribution in [1.29, 1.82) is 0 Å². The van der Waals surface area contributed by atoms with Crippen LogP contribution in [0.4, 0.5) is 0 Å². The summed E-state index contributed by atoms with van der Waals surface area (Å²) in [7, 11) is 4.85. The van der Waals surface area contributed by atoms with Crippen LogP contribution in [0, 0.1) is 0 Å². The molecule has 2 aromatic carbocycles. The van der Waals surface area contributed by atoms with E-state index >= 15 is 0 Å². The number of aromatic nitrogens is 2. The van der Waals surface area contributed by atoms with Gasteiger partial charge >= 0.3 is 0 Å². The van der Waals surface area contributed by atoms with Crippen LogP contribution in [0.2, 0.25) is 0 Å². The molecule has 7 nitrogen and oxygen atoms in total. The molecule has 0 saturated carbocycles. The maximum absolute atomic E-state index is 13.0. The number of amides is 1. The standard InChI is InChI=1S/C24H24BrN3O4/c1-30-18-12-21(31-2)23(22(13-18)32-3)16-8-10-28(11-9-16)24(29)20-14-19(26-27-20)15-4-6-17(25)7-5-15/h4-8,12-14H,9-11H2,1-3H3,(H,26,27). The van der Waals surface area contributed by atoms with Crippen LogP contribution >= 0.6 is 15.9 Å². The van der Waals surface area contributed by atoms with E-state index in [0.29, 0.717) is 42.5 Å². The van der Waals surface area contributed by atoms with E-state index in [0.717, 1.165) is 26.9 Å². The van der Waals surface area contributed by atoms with Crippen molar-refractivity contribution in [3.63, 3.8) is 0 Å². The zero-order valence-electron chi connectivity index (χ0n) is 18.1. The average molecular weight is 498 g/mol. The Balaban J connectivity index is 1.53. The van der Waals surface area contributed by atoms with Crippen LogP contribution in [-0.2, 0) is 0 Å². The van der Waals surface area contributed by atoms with Crippen molar-refractivity contribution in [2.75, 3.05) is 34.4 Å². The van der Waals surface area contributed by atoms with Gasteiger partial charge in [0.05, 0.1) is 32.6 Å². The summed E-state index contributed by atoms with van der Waals surface area (Å²) >= 11 is 3.43. The van der Waals surface area contributed by atoms with Crippen LogP contribution in [0.25, 0.3) is 16.8 Å². The van der Waals surface area contributed by atoms with Gasteiger partial charge in [0.2, 0.25) is 0 Å². The normalized spacial score (nSPS) is 13.5. The number of carbonyl (C=O) groups is 1. The Labute approximate surface area is 195 Å². The number of rotatable bonds is 6. The van der Waals surface area contributed by atoms with Crippen LogP contribution in [0.5, 0.6) is 17.2 Å². The molecule has 0 spiro atoms. The predicted molar refractivity (Wildman–Crippen MR) is 126 cm³/mol. The lowest BCUT2D eigenvalue weighted by Gasteiger charge is -2.27. The summed E-state index contributed by atoms with van der Waals surface area (Å²) in [5.41, 5.74) is 4.12. The van der Waals surface area contributed by atoms with E-state index < -0.39 is 0 Å². The van der Waals surface area contributed by atoms with Crippen molar-refractivity contribution >= 4 is 27.4 Å². The molecule has 1 amide bonds. The molecule has 166 valence electrons. The lowest BCUT2D eigenvalue weighted by atomic mass is 9.97. The molecule has 1 aromatic heterocycles. The Bertz CT molecular complexity index is 1130. The van der Waals surface area contributed by atoms with Crippen LogP contribution in [0.15, 0.2) is 53.0 Å². The summed E-state index contributed by atoms with van der Waals surface area (Å²) in [4.78, 5) is 14.8. The molecule has 0 radical (unpaired) electrons. The number of ether oxygens (including phenoxy) is 3. The fraction of sp³-hybridized carbons (Fsp3) is 0.250. The second kappa shape index (κ2) is 9.48. The zero-order chi connectivity index (χ0) is 22.7. The summed E-state index contributed by atoms with van der Waals surface area (Å²) in [5, 5.41) is 7.19. The minimum atomic E-state index is -0.0789. The first kappa shape index (κ1) is 22.0. The second-order valence-electron chi connectivity index (χ2n) is 7.31. The summed E-state index contributed by atoms with van der Waals surface area (Å²) in [5.74, 6) is 1.95. The third-order valence-electron chi connectivity index (χ3n) is 5.48. The van der Waals surface area contributed by atoms with E-state index in [4.69, 9.17) is 14.2 Å². The van der Waals surface area contributed by atoms with Gasteiger partial charge in [-0.3, -0.25) is 9.89 Å². The Morgan fingerprint density at radius 1 is 1.03 bits per heavy atom.